The van der Waals surface area contributed by atoms with E-state index >= 15 is 0 Å². The molecule has 0 spiro atoms. The fourth-order valence-corrected chi connectivity index (χ4v) is 4.06. The molecule has 1 atom stereocenters. The van der Waals surface area contributed by atoms with E-state index in [2.05, 4.69) is 17.1 Å². The second-order valence-corrected chi connectivity index (χ2v) is 7.55. The summed E-state index contributed by atoms with van der Waals surface area (Å²) in [5, 5.41) is 5.27. The largest absolute Gasteiger partial charge is 0.376 e. The van der Waals surface area contributed by atoms with Crippen LogP contribution in [0, 0.1) is 0 Å². The Labute approximate surface area is 161 Å². The van der Waals surface area contributed by atoms with Crippen LogP contribution in [0.2, 0.25) is 0 Å². The summed E-state index contributed by atoms with van der Waals surface area (Å²) in [5.41, 5.74) is 0.668. The van der Waals surface area contributed by atoms with Crippen molar-refractivity contribution in [1.82, 2.24) is 19.7 Å². The zero-order valence-electron chi connectivity index (χ0n) is 15.3. The number of aryl methyl sites for hydroxylation is 1. The van der Waals surface area contributed by atoms with Crippen LogP contribution >= 0.6 is 11.8 Å². The van der Waals surface area contributed by atoms with Gasteiger partial charge in [-0.3, -0.25) is 9.36 Å². The van der Waals surface area contributed by atoms with Crippen LogP contribution in [0.3, 0.4) is 0 Å². The van der Waals surface area contributed by atoms with E-state index in [4.69, 9.17) is 14.2 Å². The summed E-state index contributed by atoms with van der Waals surface area (Å²) in [6.07, 6.45) is 3.83. The molecule has 1 unspecified atom stereocenters. The van der Waals surface area contributed by atoms with Crippen molar-refractivity contribution >= 4 is 22.7 Å². The summed E-state index contributed by atoms with van der Waals surface area (Å²) in [7, 11) is 0. The minimum Gasteiger partial charge on any atom is -0.376 e. The Morgan fingerprint density at radius 1 is 1.30 bits per heavy atom. The van der Waals surface area contributed by atoms with E-state index in [1.807, 2.05) is 24.3 Å². The van der Waals surface area contributed by atoms with Gasteiger partial charge in [0, 0.05) is 13.0 Å². The molecule has 2 aromatic heterocycles. The van der Waals surface area contributed by atoms with Gasteiger partial charge in [0.1, 0.15) is 0 Å². The molecule has 3 aromatic rings. The zero-order valence-corrected chi connectivity index (χ0v) is 16.1. The molecule has 0 bridgehead atoms. The van der Waals surface area contributed by atoms with Gasteiger partial charge in [0.15, 0.2) is 11.0 Å². The summed E-state index contributed by atoms with van der Waals surface area (Å²) >= 11 is 1.44. The molecule has 0 aliphatic carbocycles. The van der Waals surface area contributed by atoms with Crippen molar-refractivity contribution in [2.24, 2.45) is 0 Å². The van der Waals surface area contributed by atoms with Crippen LogP contribution in [0.25, 0.3) is 10.9 Å². The summed E-state index contributed by atoms with van der Waals surface area (Å²) < 4.78 is 12.8. The highest BCUT2D eigenvalue weighted by Gasteiger charge is 2.20. The lowest BCUT2D eigenvalue weighted by atomic mass is 10.2. The van der Waals surface area contributed by atoms with Crippen LogP contribution < -0.4 is 5.56 Å². The number of thioether (sulfide) groups is 1. The minimum atomic E-state index is -0.0317. The first-order valence-electron chi connectivity index (χ1n) is 9.30. The van der Waals surface area contributed by atoms with Gasteiger partial charge in [0.2, 0.25) is 5.89 Å². The zero-order chi connectivity index (χ0) is 18.6. The van der Waals surface area contributed by atoms with E-state index in [0.717, 1.165) is 38.1 Å². The summed E-state index contributed by atoms with van der Waals surface area (Å²) in [5.74, 6) is 1.75. The minimum absolute atomic E-state index is 0.0317. The lowest BCUT2D eigenvalue weighted by Crippen LogP contribution is -2.28. The van der Waals surface area contributed by atoms with Gasteiger partial charge in [0.25, 0.3) is 5.56 Å². The molecule has 1 aliphatic rings. The van der Waals surface area contributed by atoms with Crippen molar-refractivity contribution in [1.29, 1.82) is 0 Å². The van der Waals surface area contributed by atoms with Crippen molar-refractivity contribution in [3.05, 3.63) is 46.3 Å². The Morgan fingerprint density at radius 2 is 2.19 bits per heavy atom. The maximum atomic E-state index is 13.0. The molecule has 4 rings (SSSR count). The predicted octanol–water partition coefficient (Wildman–Crippen LogP) is 3.20. The average Bonchev–Trinajstić information content (AvgIpc) is 3.35. The Morgan fingerprint density at radius 3 is 3.00 bits per heavy atom. The molecule has 1 saturated heterocycles. The van der Waals surface area contributed by atoms with E-state index in [1.165, 1.54) is 11.8 Å². The van der Waals surface area contributed by atoms with Crippen molar-refractivity contribution < 1.29 is 9.26 Å². The number of benzene rings is 1. The first-order valence-corrected chi connectivity index (χ1v) is 10.3. The third-order valence-electron chi connectivity index (χ3n) is 4.55. The van der Waals surface area contributed by atoms with Crippen molar-refractivity contribution in [3.63, 3.8) is 0 Å². The average molecular weight is 386 g/mol. The van der Waals surface area contributed by atoms with Crippen LogP contribution in [0.5, 0.6) is 0 Å². The molecule has 0 N–H and O–H groups in total. The van der Waals surface area contributed by atoms with Gasteiger partial charge in [-0.1, -0.05) is 36.0 Å². The van der Waals surface area contributed by atoms with E-state index in [9.17, 15) is 4.79 Å². The van der Waals surface area contributed by atoms with Gasteiger partial charge in [-0.15, -0.1) is 0 Å². The number of rotatable bonds is 7. The molecule has 0 radical (unpaired) electrons. The summed E-state index contributed by atoms with van der Waals surface area (Å²) in [6.45, 7) is 3.35. The van der Waals surface area contributed by atoms with Gasteiger partial charge < -0.3 is 9.26 Å². The van der Waals surface area contributed by atoms with Crippen molar-refractivity contribution in [2.75, 3.05) is 6.61 Å². The number of fused-ring (bicyclic) bond motifs is 1. The fraction of sp³-hybridized carbons (Fsp3) is 0.474. The predicted molar refractivity (Wildman–Crippen MR) is 103 cm³/mol. The van der Waals surface area contributed by atoms with Gasteiger partial charge in [0.05, 0.1) is 29.3 Å². The summed E-state index contributed by atoms with van der Waals surface area (Å²) in [4.78, 5) is 22.2. The molecule has 1 fully saturated rings. The number of nitrogens with zero attached hydrogens (tertiary/aromatic N) is 4. The molecule has 8 heteroatoms. The van der Waals surface area contributed by atoms with Gasteiger partial charge in [-0.25, -0.2) is 4.98 Å². The molecule has 142 valence electrons. The molecule has 7 nitrogen and oxygen atoms in total. The van der Waals surface area contributed by atoms with Gasteiger partial charge in [-0.2, -0.15) is 4.98 Å². The Kier molecular flexibility index (Phi) is 5.54. The molecule has 3 heterocycles. The highest BCUT2D eigenvalue weighted by molar-refractivity contribution is 7.98. The Balaban J connectivity index is 1.63. The normalized spacial score (nSPS) is 17.0. The first-order chi connectivity index (χ1) is 13.2. The molecule has 0 amide bonds. The fourth-order valence-electron chi connectivity index (χ4n) is 3.21. The number of aromatic nitrogens is 4. The second kappa shape index (κ2) is 8.22. The van der Waals surface area contributed by atoms with Crippen LogP contribution in [0.15, 0.2) is 38.7 Å². The third-order valence-corrected chi connectivity index (χ3v) is 5.51. The Bertz CT molecular complexity index is 978. The second-order valence-electron chi connectivity index (χ2n) is 6.61. The molecular formula is C19H22N4O3S. The maximum Gasteiger partial charge on any atom is 0.262 e. The van der Waals surface area contributed by atoms with E-state index in [0.29, 0.717) is 34.2 Å². The smallest absolute Gasteiger partial charge is 0.262 e. The van der Waals surface area contributed by atoms with Crippen LogP contribution in [0.1, 0.15) is 37.9 Å². The Hall–Kier alpha value is -2.19. The highest BCUT2D eigenvalue weighted by Crippen LogP contribution is 2.23. The van der Waals surface area contributed by atoms with Gasteiger partial charge >= 0.3 is 0 Å². The van der Waals surface area contributed by atoms with Crippen LogP contribution in [0.4, 0.5) is 0 Å². The van der Waals surface area contributed by atoms with Crippen molar-refractivity contribution in [3.8, 4) is 0 Å². The number of hydrogen-bond acceptors (Lipinski definition) is 7. The number of hydrogen-bond donors (Lipinski definition) is 0. The van der Waals surface area contributed by atoms with Crippen LogP contribution in [-0.4, -0.2) is 32.4 Å². The quantitative estimate of drug-likeness (QED) is 0.455. The lowest BCUT2D eigenvalue weighted by molar-refractivity contribution is 0.0937. The molecule has 0 saturated carbocycles. The van der Waals surface area contributed by atoms with Crippen molar-refractivity contribution in [2.45, 2.75) is 56.2 Å². The van der Waals surface area contributed by atoms with Gasteiger partial charge in [-0.05, 0) is 31.4 Å². The van der Waals surface area contributed by atoms with E-state index < -0.39 is 0 Å². The third kappa shape index (κ3) is 4.06. The monoisotopic (exact) mass is 386 g/mol. The SMILES string of the molecule is CCCc1noc(CSc2nc3ccccc3c(=O)n2CC2CCCO2)n1. The lowest BCUT2D eigenvalue weighted by Gasteiger charge is -2.16. The first kappa shape index (κ1) is 18.2. The van der Waals surface area contributed by atoms with Crippen LogP contribution in [-0.2, 0) is 23.5 Å². The van der Waals surface area contributed by atoms with E-state index in [1.54, 1.807) is 4.57 Å². The maximum absolute atomic E-state index is 13.0. The molecular weight excluding hydrogens is 364 g/mol. The standard InChI is InChI=1S/C19H22N4O3S/c1-2-6-16-21-17(26-22-16)12-27-19-20-15-9-4-3-8-14(15)18(24)23(19)11-13-7-5-10-25-13/h3-4,8-9,13H,2,5-7,10-12H2,1H3. The summed E-state index contributed by atoms with van der Waals surface area (Å²) in [6, 6.07) is 7.44. The number of para-hydroxylation sites is 1. The molecule has 1 aliphatic heterocycles. The molecule has 1 aromatic carbocycles. The topological polar surface area (TPSA) is 83.0 Å². The molecule has 27 heavy (non-hydrogen) atoms. The number of ether oxygens (including phenoxy) is 1. The highest BCUT2D eigenvalue weighted by atomic mass is 32.2. The van der Waals surface area contributed by atoms with E-state index in [-0.39, 0.29) is 11.7 Å².